The van der Waals surface area contributed by atoms with Gasteiger partial charge in [-0.15, -0.1) is 0 Å². The van der Waals surface area contributed by atoms with Crippen molar-refractivity contribution >= 4 is 11.8 Å². The van der Waals surface area contributed by atoms with Crippen LogP contribution in [0.3, 0.4) is 0 Å². The largest absolute Gasteiger partial charge is 0.316 e. The summed E-state index contributed by atoms with van der Waals surface area (Å²) < 4.78 is 0. The van der Waals surface area contributed by atoms with Crippen LogP contribution in [-0.2, 0) is 0 Å². The molecular weight excluding hydrogens is 196 g/mol. The van der Waals surface area contributed by atoms with E-state index < -0.39 is 0 Å². The first-order chi connectivity index (χ1) is 6.77. The van der Waals surface area contributed by atoms with Crippen molar-refractivity contribution in [3.05, 3.63) is 6.33 Å². The zero-order valence-corrected chi connectivity index (χ0v) is 9.77. The van der Waals surface area contributed by atoms with Crippen LogP contribution in [0.15, 0.2) is 11.5 Å². The summed E-state index contributed by atoms with van der Waals surface area (Å²) >= 11 is 1.71. The van der Waals surface area contributed by atoms with Gasteiger partial charge in [-0.1, -0.05) is 32.0 Å². The predicted octanol–water partition coefficient (Wildman–Crippen LogP) is 1.53. The summed E-state index contributed by atoms with van der Waals surface area (Å²) in [6, 6.07) is 0.537. The van der Waals surface area contributed by atoms with E-state index in [0.29, 0.717) is 12.0 Å². The molecule has 2 atom stereocenters. The normalized spacial score (nSPS) is 15.4. The summed E-state index contributed by atoms with van der Waals surface area (Å²) in [6.07, 6.45) is 2.74. The van der Waals surface area contributed by atoms with Gasteiger partial charge in [0.1, 0.15) is 6.33 Å². The molecule has 80 valence electrons. The minimum atomic E-state index is 0.537. The third-order valence-corrected chi connectivity index (χ3v) is 3.49. The molecular formula is C9H18N4S. The van der Waals surface area contributed by atoms with Crippen LogP contribution in [-0.4, -0.2) is 34.0 Å². The fourth-order valence-electron chi connectivity index (χ4n) is 1.25. The van der Waals surface area contributed by atoms with Crippen molar-refractivity contribution in [3.8, 4) is 0 Å². The Morgan fingerprint density at radius 2 is 2.43 bits per heavy atom. The molecule has 1 aromatic rings. The predicted molar refractivity (Wildman–Crippen MR) is 59.4 cm³/mol. The lowest BCUT2D eigenvalue weighted by Crippen LogP contribution is -2.34. The molecule has 2 unspecified atom stereocenters. The second-order valence-corrected chi connectivity index (χ2v) is 4.39. The lowest BCUT2D eigenvalue weighted by atomic mass is 10.0. The zero-order valence-electron chi connectivity index (χ0n) is 8.95. The Balaban J connectivity index is 2.34. The van der Waals surface area contributed by atoms with E-state index in [2.05, 4.69) is 34.3 Å². The van der Waals surface area contributed by atoms with Crippen LogP contribution >= 0.6 is 11.8 Å². The molecule has 1 aromatic heterocycles. The average Bonchev–Trinajstić information content (AvgIpc) is 2.71. The molecule has 0 aliphatic rings. The fraction of sp³-hybridized carbons (Fsp3) is 0.778. The molecule has 14 heavy (non-hydrogen) atoms. The van der Waals surface area contributed by atoms with E-state index in [1.807, 2.05) is 7.05 Å². The number of H-pyrrole nitrogens is 1. The van der Waals surface area contributed by atoms with Gasteiger partial charge in [-0.05, 0) is 13.0 Å². The minimum Gasteiger partial charge on any atom is -0.316 e. The molecule has 4 nitrogen and oxygen atoms in total. The summed E-state index contributed by atoms with van der Waals surface area (Å²) in [6.45, 7) is 4.48. The highest BCUT2D eigenvalue weighted by Gasteiger charge is 2.14. The van der Waals surface area contributed by atoms with Crippen molar-refractivity contribution < 1.29 is 0 Å². The lowest BCUT2D eigenvalue weighted by Gasteiger charge is -2.21. The summed E-state index contributed by atoms with van der Waals surface area (Å²) in [4.78, 5) is 4.08. The SMILES string of the molecule is CCC(C)C(CSc1ncn[nH]1)NC. The second kappa shape index (κ2) is 6.03. The van der Waals surface area contributed by atoms with Gasteiger partial charge < -0.3 is 5.32 Å². The maximum atomic E-state index is 4.08. The molecule has 2 N–H and O–H groups in total. The van der Waals surface area contributed by atoms with Gasteiger partial charge in [-0.25, -0.2) is 4.98 Å². The number of rotatable bonds is 6. The molecule has 1 heterocycles. The van der Waals surface area contributed by atoms with E-state index in [9.17, 15) is 0 Å². The van der Waals surface area contributed by atoms with Crippen LogP contribution < -0.4 is 5.32 Å². The average molecular weight is 214 g/mol. The van der Waals surface area contributed by atoms with Gasteiger partial charge in [-0.2, -0.15) is 5.10 Å². The molecule has 0 aliphatic heterocycles. The van der Waals surface area contributed by atoms with E-state index in [0.717, 1.165) is 10.9 Å². The van der Waals surface area contributed by atoms with Crippen LogP contribution in [0.4, 0.5) is 0 Å². The Morgan fingerprint density at radius 3 is 2.93 bits per heavy atom. The molecule has 0 radical (unpaired) electrons. The number of nitrogens with one attached hydrogen (secondary N) is 2. The number of aromatic amines is 1. The Kier molecular flexibility index (Phi) is 4.97. The standard InChI is InChI=1S/C9H18N4S/c1-4-7(2)8(10-3)5-14-9-11-6-12-13-9/h6-8,10H,4-5H2,1-3H3,(H,11,12,13). The van der Waals surface area contributed by atoms with Crippen LogP contribution in [0, 0.1) is 5.92 Å². The number of hydrogen-bond donors (Lipinski definition) is 2. The highest BCUT2D eigenvalue weighted by atomic mass is 32.2. The molecule has 0 spiro atoms. The number of aromatic nitrogens is 3. The highest BCUT2D eigenvalue weighted by Crippen LogP contribution is 2.17. The van der Waals surface area contributed by atoms with E-state index >= 15 is 0 Å². The topological polar surface area (TPSA) is 53.6 Å². The molecule has 0 aliphatic carbocycles. The van der Waals surface area contributed by atoms with Crippen LogP contribution in [0.25, 0.3) is 0 Å². The highest BCUT2D eigenvalue weighted by molar-refractivity contribution is 7.99. The summed E-state index contributed by atoms with van der Waals surface area (Å²) in [5.41, 5.74) is 0. The molecule has 0 saturated carbocycles. The lowest BCUT2D eigenvalue weighted by molar-refractivity contribution is 0.420. The molecule has 5 heteroatoms. The van der Waals surface area contributed by atoms with Crippen molar-refractivity contribution in [1.29, 1.82) is 0 Å². The Bertz CT molecular complexity index is 237. The van der Waals surface area contributed by atoms with Crippen molar-refractivity contribution in [2.24, 2.45) is 5.92 Å². The van der Waals surface area contributed by atoms with E-state index in [1.165, 1.54) is 6.42 Å². The number of nitrogens with zero attached hydrogens (tertiary/aromatic N) is 2. The smallest absolute Gasteiger partial charge is 0.183 e. The first-order valence-electron chi connectivity index (χ1n) is 4.93. The number of hydrogen-bond acceptors (Lipinski definition) is 4. The first-order valence-corrected chi connectivity index (χ1v) is 5.91. The summed E-state index contributed by atoms with van der Waals surface area (Å²) in [7, 11) is 2.01. The fourth-order valence-corrected chi connectivity index (χ4v) is 2.32. The maximum absolute atomic E-state index is 4.08. The van der Waals surface area contributed by atoms with Gasteiger partial charge >= 0.3 is 0 Å². The van der Waals surface area contributed by atoms with Crippen molar-refractivity contribution in [2.45, 2.75) is 31.5 Å². The van der Waals surface area contributed by atoms with Crippen LogP contribution in [0.2, 0.25) is 0 Å². The summed E-state index contributed by atoms with van der Waals surface area (Å²) in [5.74, 6) is 1.72. The molecule has 0 fully saturated rings. The van der Waals surface area contributed by atoms with Gasteiger partial charge in [0.05, 0.1) is 0 Å². The first kappa shape index (κ1) is 11.5. The van der Waals surface area contributed by atoms with Gasteiger partial charge in [0.25, 0.3) is 0 Å². The van der Waals surface area contributed by atoms with E-state index in [4.69, 9.17) is 0 Å². The van der Waals surface area contributed by atoms with Crippen molar-refractivity contribution in [3.63, 3.8) is 0 Å². The van der Waals surface area contributed by atoms with Gasteiger partial charge in [0, 0.05) is 11.8 Å². The van der Waals surface area contributed by atoms with E-state index in [1.54, 1.807) is 18.1 Å². The summed E-state index contributed by atoms with van der Waals surface area (Å²) in [5, 5.41) is 10.9. The maximum Gasteiger partial charge on any atom is 0.183 e. The van der Waals surface area contributed by atoms with Crippen molar-refractivity contribution in [2.75, 3.05) is 12.8 Å². The quantitative estimate of drug-likeness (QED) is 0.705. The van der Waals surface area contributed by atoms with Gasteiger partial charge in [0.15, 0.2) is 5.16 Å². The molecule has 0 amide bonds. The monoisotopic (exact) mass is 214 g/mol. The molecule has 0 bridgehead atoms. The van der Waals surface area contributed by atoms with Gasteiger partial charge in [0.2, 0.25) is 0 Å². The Labute approximate surface area is 89.3 Å². The van der Waals surface area contributed by atoms with Crippen LogP contribution in [0.1, 0.15) is 20.3 Å². The van der Waals surface area contributed by atoms with E-state index in [-0.39, 0.29) is 0 Å². The number of thioether (sulfide) groups is 1. The van der Waals surface area contributed by atoms with Crippen molar-refractivity contribution in [1.82, 2.24) is 20.5 Å². The third kappa shape index (κ3) is 3.31. The Hall–Kier alpha value is -0.550. The molecule has 0 saturated heterocycles. The second-order valence-electron chi connectivity index (χ2n) is 3.38. The minimum absolute atomic E-state index is 0.537. The Morgan fingerprint density at radius 1 is 1.64 bits per heavy atom. The zero-order chi connectivity index (χ0) is 10.4. The molecule has 1 rings (SSSR count). The third-order valence-electron chi connectivity index (χ3n) is 2.49. The van der Waals surface area contributed by atoms with Crippen LogP contribution in [0.5, 0.6) is 0 Å². The molecule has 0 aromatic carbocycles. The van der Waals surface area contributed by atoms with Gasteiger partial charge in [-0.3, -0.25) is 5.10 Å².